The van der Waals surface area contributed by atoms with E-state index >= 15 is 0 Å². The number of thioether (sulfide) groups is 1. The van der Waals surface area contributed by atoms with E-state index in [2.05, 4.69) is 32.3 Å². The predicted molar refractivity (Wildman–Crippen MR) is 66.2 cm³/mol. The Bertz CT molecular complexity index is 112. The van der Waals surface area contributed by atoms with Gasteiger partial charge < -0.3 is 10.1 Å². The highest BCUT2D eigenvalue weighted by molar-refractivity contribution is 7.98. The van der Waals surface area contributed by atoms with Gasteiger partial charge in [-0.15, -0.1) is 0 Å². The third-order valence-corrected chi connectivity index (χ3v) is 2.63. The zero-order valence-corrected chi connectivity index (χ0v) is 10.8. The van der Waals surface area contributed by atoms with Gasteiger partial charge in [0, 0.05) is 6.04 Å². The Labute approximate surface area is 93.2 Å². The maximum Gasteiger partial charge on any atom is 0.0623 e. The van der Waals surface area contributed by atoms with E-state index in [1.807, 2.05) is 11.8 Å². The smallest absolute Gasteiger partial charge is 0.0623 e. The number of nitrogens with one attached hydrogen (secondary N) is 1. The molecule has 0 saturated heterocycles. The molecule has 0 spiro atoms. The Balaban J connectivity index is 3.60. The fourth-order valence-electron chi connectivity index (χ4n) is 1.16. The minimum Gasteiger partial charge on any atom is -0.377 e. The Morgan fingerprint density at radius 1 is 1.36 bits per heavy atom. The Morgan fingerprint density at radius 2 is 2.07 bits per heavy atom. The maximum absolute atomic E-state index is 5.63. The van der Waals surface area contributed by atoms with Crippen LogP contribution in [0.15, 0.2) is 0 Å². The van der Waals surface area contributed by atoms with Gasteiger partial charge in [0.25, 0.3) is 0 Å². The van der Waals surface area contributed by atoms with Crippen LogP contribution in [-0.2, 0) is 4.74 Å². The van der Waals surface area contributed by atoms with Crippen LogP contribution >= 0.6 is 11.8 Å². The van der Waals surface area contributed by atoms with E-state index in [-0.39, 0.29) is 0 Å². The van der Waals surface area contributed by atoms with E-state index in [0.717, 1.165) is 13.2 Å². The van der Waals surface area contributed by atoms with Gasteiger partial charge in [-0.2, -0.15) is 11.8 Å². The second kappa shape index (κ2) is 9.81. The zero-order valence-electron chi connectivity index (χ0n) is 10.0. The van der Waals surface area contributed by atoms with E-state index in [1.165, 1.54) is 18.6 Å². The molecule has 1 atom stereocenters. The number of rotatable bonds is 9. The highest BCUT2D eigenvalue weighted by atomic mass is 32.2. The molecule has 0 aliphatic rings. The second-order valence-electron chi connectivity index (χ2n) is 3.81. The standard InChI is InChI=1S/C11H25NOS/c1-5-7-12-11(6-8-14-4)9-13-10(2)3/h10-12H,5-9H2,1-4H3. The van der Waals surface area contributed by atoms with Crippen molar-refractivity contribution in [3.63, 3.8) is 0 Å². The average molecular weight is 219 g/mol. The molecule has 0 aromatic heterocycles. The molecule has 0 bridgehead atoms. The van der Waals surface area contributed by atoms with Gasteiger partial charge in [-0.25, -0.2) is 0 Å². The van der Waals surface area contributed by atoms with Gasteiger partial charge in [0.15, 0.2) is 0 Å². The predicted octanol–water partition coefficient (Wildman–Crippen LogP) is 2.53. The van der Waals surface area contributed by atoms with Crippen molar-refractivity contribution in [3.05, 3.63) is 0 Å². The van der Waals surface area contributed by atoms with Crippen LogP contribution < -0.4 is 5.32 Å². The molecular weight excluding hydrogens is 194 g/mol. The highest BCUT2D eigenvalue weighted by Crippen LogP contribution is 2.02. The molecule has 1 unspecified atom stereocenters. The third kappa shape index (κ3) is 8.85. The molecule has 14 heavy (non-hydrogen) atoms. The van der Waals surface area contributed by atoms with Crippen LogP contribution in [0.5, 0.6) is 0 Å². The first-order chi connectivity index (χ1) is 6.70. The van der Waals surface area contributed by atoms with Gasteiger partial charge in [-0.05, 0) is 45.2 Å². The molecular formula is C11H25NOS. The molecule has 3 heteroatoms. The highest BCUT2D eigenvalue weighted by Gasteiger charge is 2.07. The van der Waals surface area contributed by atoms with Crippen LogP contribution in [0.1, 0.15) is 33.6 Å². The van der Waals surface area contributed by atoms with Gasteiger partial charge in [0.1, 0.15) is 0 Å². The first kappa shape index (κ1) is 14.3. The van der Waals surface area contributed by atoms with E-state index in [0.29, 0.717) is 12.1 Å². The molecule has 86 valence electrons. The largest absolute Gasteiger partial charge is 0.377 e. The quantitative estimate of drug-likeness (QED) is 0.644. The molecule has 0 radical (unpaired) electrons. The van der Waals surface area contributed by atoms with E-state index in [4.69, 9.17) is 4.74 Å². The molecule has 0 fully saturated rings. The lowest BCUT2D eigenvalue weighted by Crippen LogP contribution is -2.35. The summed E-state index contributed by atoms with van der Waals surface area (Å²) in [7, 11) is 0. The van der Waals surface area contributed by atoms with Crippen LogP contribution in [-0.4, -0.2) is 37.3 Å². The molecule has 0 amide bonds. The minimum absolute atomic E-state index is 0.343. The summed E-state index contributed by atoms with van der Waals surface area (Å²) >= 11 is 1.90. The summed E-state index contributed by atoms with van der Waals surface area (Å²) in [5, 5.41) is 3.52. The topological polar surface area (TPSA) is 21.3 Å². The summed E-state index contributed by atoms with van der Waals surface area (Å²) < 4.78 is 5.63. The summed E-state index contributed by atoms with van der Waals surface area (Å²) in [6, 6.07) is 0.532. The fraction of sp³-hybridized carbons (Fsp3) is 1.00. The molecule has 0 saturated carbocycles. The molecule has 0 aliphatic heterocycles. The summed E-state index contributed by atoms with van der Waals surface area (Å²) in [6.45, 7) is 8.32. The first-order valence-electron chi connectivity index (χ1n) is 5.54. The van der Waals surface area contributed by atoms with Crippen LogP contribution in [0.25, 0.3) is 0 Å². The Morgan fingerprint density at radius 3 is 2.57 bits per heavy atom. The molecule has 0 aliphatic carbocycles. The van der Waals surface area contributed by atoms with Crippen molar-refractivity contribution in [3.8, 4) is 0 Å². The second-order valence-corrected chi connectivity index (χ2v) is 4.80. The van der Waals surface area contributed by atoms with Crippen molar-refractivity contribution in [1.29, 1.82) is 0 Å². The fourth-order valence-corrected chi connectivity index (χ4v) is 1.68. The average Bonchev–Trinajstić information content (AvgIpc) is 2.16. The molecule has 0 rings (SSSR count). The van der Waals surface area contributed by atoms with Gasteiger partial charge in [0.05, 0.1) is 12.7 Å². The van der Waals surface area contributed by atoms with Crippen LogP contribution in [0.2, 0.25) is 0 Å². The van der Waals surface area contributed by atoms with Crippen LogP contribution in [0, 0.1) is 0 Å². The normalized spacial score (nSPS) is 13.5. The monoisotopic (exact) mass is 219 g/mol. The van der Waals surface area contributed by atoms with Crippen molar-refractivity contribution in [2.45, 2.75) is 45.8 Å². The van der Waals surface area contributed by atoms with Crippen LogP contribution in [0.3, 0.4) is 0 Å². The molecule has 2 nitrogen and oxygen atoms in total. The SMILES string of the molecule is CCCNC(CCSC)COC(C)C. The van der Waals surface area contributed by atoms with Crippen LogP contribution in [0.4, 0.5) is 0 Å². The maximum atomic E-state index is 5.63. The Hall–Kier alpha value is 0.270. The van der Waals surface area contributed by atoms with Gasteiger partial charge in [-0.1, -0.05) is 6.92 Å². The van der Waals surface area contributed by atoms with Gasteiger partial charge in [-0.3, -0.25) is 0 Å². The summed E-state index contributed by atoms with van der Waals surface area (Å²) in [4.78, 5) is 0. The Kier molecular flexibility index (Phi) is 10.0. The molecule has 0 aromatic rings. The van der Waals surface area contributed by atoms with E-state index in [9.17, 15) is 0 Å². The van der Waals surface area contributed by atoms with E-state index < -0.39 is 0 Å². The summed E-state index contributed by atoms with van der Waals surface area (Å²) in [5.74, 6) is 1.21. The summed E-state index contributed by atoms with van der Waals surface area (Å²) in [6.07, 6.45) is 4.89. The first-order valence-corrected chi connectivity index (χ1v) is 6.94. The third-order valence-electron chi connectivity index (χ3n) is 1.98. The lowest BCUT2D eigenvalue weighted by Gasteiger charge is -2.19. The minimum atomic E-state index is 0.343. The van der Waals surface area contributed by atoms with E-state index in [1.54, 1.807) is 0 Å². The van der Waals surface area contributed by atoms with Crippen molar-refractivity contribution < 1.29 is 4.74 Å². The molecule has 0 heterocycles. The number of ether oxygens (including phenoxy) is 1. The zero-order chi connectivity index (χ0) is 10.8. The van der Waals surface area contributed by atoms with Gasteiger partial charge in [0.2, 0.25) is 0 Å². The molecule has 1 N–H and O–H groups in total. The van der Waals surface area contributed by atoms with Crippen molar-refractivity contribution >= 4 is 11.8 Å². The number of hydrogen-bond acceptors (Lipinski definition) is 3. The van der Waals surface area contributed by atoms with Crippen molar-refractivity contribution in [2.24, 2.45) is 0 Å². The van der Waals surface area contributed by atoms with Gasteiger partial charge >= 0.3 is 0 Å². The lowest BCUT2D eigenvalue weighted by molar-refractivity contribution is 0.0607. The van der Waals surface area contributed by atoms with Crippen molar-refractivity contribution in [2.75, 3.05) is 25.2 Å². The van der Waals surface area contributed by atoms with Crippen molar-refractivity contribution in [1.82, 2.24) is 5.32 Å². The molecule has 0 aromatic carbocycles. The summed E-state index contributed by atoms with van der Waals surface area (Å²) in [5.41, 5.74) is 0. The number of hydrogen-bond donors (Lipinski definition) is 1. The lowest BCUT2D eigenvalue weighted by atomic mass is 10.2.